The lowest BCUT2D eigenvalue weighted by Gasteiger charge is -2.50. The van der Waals surface area contributed by atoms with Gasteiger partial charge in [0.1, 0.15) is 11.9 Å². The van der Waals surface area contributed by atoms with Crippen molar-refractivity contribution in [2.75, 3.05) is 0 Å². The Hall–Kier alpha value is -1.84. The van der Waals surface area contributed by atoms with Crippen molar-refractivity contribution in [3.8, 4) is 5.75 Å². The summed E-state index contributed by atoms with van der Waals surface area (Å²) in [5.74, 6) is 1.78. The highest BCUT2D eigenvalue weighted by atomic mass is 16.5. The average molecular weight is 441 g/mol. The fraction of sp³-hybridized carbons (Fsp3) is 0.714. The van der Waals surface area contributed by atoms with Gasteiger partial charge >= 0.3 is 5.97 Å². The number of aromatic hydroxyl groups is 1. The van der Waals surface area contributed by atoms with Gasteiger partial charge in [-0.25, -0.2) is 0 Å². The average Bonchev–Trinajstić information content (AvgIpc) is 3.11. The maximum absolute atomic E-state index is 12.7. The van der Waals surface area contributed by atoms with E-state index in [-0.39, 0.29) is 29.0 Å². The van der Waals surface area contributed by atoms with Crippen molar-refractivity contribution in [2.45, 2.75) is 110 Å². The Morgan fingerprint density at radius 1 is 1.06 bits per heavy atom. The van der Waals surface area contributed by atoms with Gasteiger partial charge in [-0.2, -0.15) is 0 Å². The van der Waals surface area contributed by atoms with Crippen molar-refractivity contribution in [1.29, 1.82) is 0 Å². The number of rotatable bonds is 8. The SMILES string of the molecule is CCCCC(=O)O[C@@H]1CC[C@H]2[C@@H]3CCc4cc(O)c(C(=O)CCCC)cc4[C@H]3CC[C@]12C. The molecule has 1 aromatic carbocycles. The number of ketones is 1. The molecule has 0 bridgehead atoms. The Morgan fingerprint density at radius 3 is 2.56 bits per heavy atom. The van der Waals surface area contributed by atoms with Gasteiger partial charge in [0.05, 0.1) is 5.56 Å². The predicted molar refractivity (Wildman–Crippen MR) is 126 cm³/mol. The van der Waals surface area contributed by atoms with Gasteiger partial charge in [-0.15, -0.1) is 0 Å². The normalized spacial score (nSPS) is 30.8. The van der Waals surface area contributed by atoms with Crippen LogP contribution >= 0.6 is 0 Å². The van der Waals surface area contributed by atoms with Gasteiger partial charge in [-0.1, -0.05) is 33.6 Å². The Labute approximate surface area is 193 Å². The molecule has 0 aromatic heterocycles. The van der Waals surface area contributed by atoms with E-state index in [4.69, 9.17) is 4.74 Å². The quantitative estimate of drug-likeness (QED) is 0.360. The molecule has 4 rings (SSSR count). The monoisotopic (exact) mass is 440 g/mol. The number of carbonyl (C=O) groups is 2. The van der Waals surface area contributed by atoms with Crippen molar-refractivity contribution < 1.29 is 19.4 Å². The topological polar surface area (TPSA) is 63.6 Å². The van der Waals surface area contributed by atoms with Crippen LogP contribution in [-0.4, -0.2) is 23.0 Å². The van der Waals surface area contributed by atoms with Gasteiger partial charge in [0.25, 0.3) is 0 Å². The lowest BCUT2D eigenvalue weighted by atomic mass is 9.55. The minimum atomic E-state index is -0.0273. The predicted octanol–water partition coefficient (Wildman–Crippen LogP) is 6.72. The third-order valence-electron chi connectivity index (χ3n) is 8.82. The zero-order valence-corrected chi connectivity index (χ0v) is 20.1. The second kappa shape index (κ2) is 9.57. The lowest BCUT2D eigenvalue weighted by Crippen LogP contribution is -2.45. The van der Waals surface area contributed by atoms with Gasteiger partial charge in [-0.05, 0) is 92.4 Å². The summed E-state index contributed by atoms with van der Waals surface area (Å²) in [6.45, 7) is 6.54. The molecule has 3 aliphatic rings. The molecule has 0 spiro atoms. The first-order chi connectivity index (χ1) is 15.4. The van der Waals surface area contributed by atoms with Crippen molar-refractivity contribution in [2.24, 2.45) is 17.3 Å². The molecule has 5 atom stereocenters. The molecule has 0 radical (unpaired) electrons. The summed E-state index contributed by atoms with van der Waals surface area (Å²) in [5.41, 5.74) is 3.10. The number of ether oxygens (including phenoxy) is 1. The van der Waals surface area contributed by atoms with Gasteiger partial charge in [-0.3, -0.25) is 9.59 Å². The number of carbonyl (C=O) groups excluding carboxylic acids is 2. The summed E-state index contributed by atoms with van der Waals surface area (Å²) < 4.78 is 6.02. The van der Waals surface area contributed by atoms with Crippen molar-refractivity contribution >= 4 is 11.8 Å². The summed E-state index contributed by atoms with van der Waals surface area (Å²) in [4.78, 5) is 25.1. The second-order valence-electron chi connectivity index (χ2n) is 10.7. The summed E-state index contributed by atoms with van der Waals surface area (Å²) >= 11 is 0. The minimum Gasteiger partial charge on any atom is -0.507 e. The van der Waals surface area contributed by atoms with Crippen molar-refractivity contribution in [3.63, 3.8) is 0 Å². The Bertz CT molecular complexity index is 859. The Morgan fingerprint density at radius 2 is 1.81 bits per heavy atom. The van der Waals surface area contributed by atoms with Crippen molar-refractivity contribution in [1.82, 2.24) is 0 Å². The van der Waals surface area contributed by atoms with E-state index in [1.54, 1.807) is 0 Å². The fourth-order valence-corrected chi connectivity index (χ4v) is 6.99. The molecule has 2 saturated carbocycles. The number of benzene rings is 1. The van der Waals surface area contributed by atoms with E-state index in [1.165, 1.54) is 11.1 Å². The Kier molecular flexibility index (Phi) is 6.97. The molecule has 4 nitrogen and oxygen atoms in total. The van der Waals surface area contributed by atoms with Crippen LogP contribution in [0.5, 0.6) is 5.75 Å². The molecule has 0 unspecified atom stereocenters. The lowest BCUT2D eigenvalue weighted by molar-refractivity contribution is -0.157. The second-order valence-corrected chi connectivity index (χ2v) is 10.7. The number of hydrogen-bond acceptors (Lipinski definition) is 4. The molecular formula is C28H40O4. The molecule has 0 saturated heterocycles. The van der Waals surface area contributed by atoms with Gasteiger partial charge in [0.15, 0.2) is 5.78 Å². The van der Waals surface area contributed by atoms with Crippen LogP contribution in [0.1, 0.15) is 119 Å². The molecule has 32 heavy (non-hydrogen) atoms. The van der Waals surface area contributed by atoms with E-state index in [0.717, 1.165) is 64.2 Å². The standard InChI is InChI=1S/C28H40O4/c1-4-6-8-24(29)22-17-21-18(16-25(22)30)10-11-20-19(21)14-15-28(3)23(20)12-13-26(28)32-27(31)9-7-5-2/h16-17,19-20,23,26,30H,4-15H2,1-3H3/t19-,20+,23-,26+,28-/m0/s1. The first-order valence-corrected chi connectivity index (χ1v) is 13.0. The fourth-order valence-electron chi connectivity index (χ4n) is 6.99. The highest BCUT2D eigenvalue weighted by Crippen LogP contribution is 2.61. The summed E-state index contributed by atoms with van der Waals surface area (Å²) in [7, 11) is 0. The number of unbranched alkanes of at least 4 members (excludes halogenated alkanes) is 2. The molecule has 1 N–H and O–H groups in total. The third kappa shape index (κ3) is 4.22. The van der Waals surface area contributed by atoms with Crippen LogP contribution < -0.4 is 0 Å². The third-order valence-corrected chi connectivity index (χ3v) is 8.82. The van der Waals surface area contributed by atoms with Crippen LogP contribution in [0.25, 0.3) is 0 Å². The number of phenolic OH excluding ortho intramolecular Hbond substituents is 1. The maximum Gasteiger partial charge on any atom is 0.306 e. The summed E-state index contributed by atoms with van der Waals surface area (Å²) in [6.07, 6.45) is 11.2. The first-order valence-electron chi connectivity index (χ1n) is 13.0. The molecule has 0 heterocycles. The maximum atomic E-state index is 12.7. The smallest absolute Gasteiger partial charge is 0.306 e. The number of Topliss-reactive ketones (excluding diaryl/α,β-unsaturated/α-hetero) is 1. The van der Waals surface area contributed by atoms with E-state index >= 15 is 0 Å². The highest BCUT2D eigenvalue weighted by molar-refractivity contribution is 5.99. The first kappa shape index (κ1) is 23.3. The zero-order chi connectivity index (χ0) is 22.9. The van der Waals surface area contributed by atoms with Crippen LogP contribution in [0.3, 0.4) is 0 Å². The number of aryl methyl sites for hydroxylation is 1. The van der Waals surface area contributed by atoms with Crippen LogP contribution in [0, 0.1) is 17.3 Å². The van der Waals surface area contributed by atoms with Crippen LogP contribution in [-0.2, 0) is 16.0 Å². The van der Waals surface area contributed by atoms with E-state index in [2.05, 4.69) is 20.8 Å². The number of esters is 1. The molecule has 0 amide bonds. The minimum absolute atomic E-state index is 0.0273. The van der Waals surface area contributed by atoms with Gasteiger partial charge < -0.3 is 9.84 Å². The molecule has 0 aliphatic heterocycles. The van der Waals surface area contributed by atoms with E-state index < -0.39 is 0 Å². The number of fused-ring (bicyclic) bond motifs is 5. The van der Waals surface area contributed by atoms with Gasteiger partial charge in [0.2, 0.25) is 0 Å². The summed E-state index contributed by atoms with van der Waals surface area (Å²) in [6, 6.07) is 3.89. The van der Waals surface area contributed by atoms with Crippen molar-refractivity contribution in [3.05, 3.63) is 28.8 Å². The number of phenols is 1. The zero-order valence-electron chi connectivity index (χ0n) is 20.1. The highest BCUT2D eigenvalue weighted by Gasteiger charge is 2.56. The van der Waals surface area contributed by atoms with E-state index in [0.29, 0.717) is 36.2 Å². The van der Waals surface area contributed by atoms with Crippen LogP contribution in [0.2, 0.25) is 0 Å². The summed E-state index contributed by atoms with van der Waals surface area (Å²) in [5, 5.41) is 10.5. The molecule has 4 heteroatoms. The van der Waals surface area contributed by atoms with E-state index in [1.807, 2.05) is 12.1 Å². The Balaban J connectivity index is 1.54. The molecular weight excluding hydrogens is 400 g/mol. The largest absolute Gasteiger partial charge is 0.507 e. The van der Waals surface area contributed by atoms with E-state index in [9.17, 15) is 14.7 Å². The molecule has 3 aliphatic carbocycles. The molecule has 1 aromatic rings. The molecule has 176 valence electrons. The molecule has 2 fully saturated rings. The van der Waals surface area contributed by atoms with Crippen LogP contribution in [0.15, 0.2) is 12.1 Å². The van der Waals surface area contributed by atoms with Gasteiger partial charge in [0, 0.05) is 18.3 Å². The van der Waals surface area contributed by atoms with Crippen LogP contribution in [0.4, 0.5) is 0 Å². The number of hydrogen-bond donors (Lipinski definition) is 1.